The van der Waals surface area contributed by atoms with Crippen LogP contribution in [0.25, 0.3) is 0 Å². The number of halogens is 1. The molecule has 0 radical (unpaired) electrons. The molecule has 7 nitrogen and oxygen atoms in total. The Bertz CT molecular complexity index is 531. The summed E-state index contributed by atoms with van der Waals surface area (Å²) in [5, 5.41) is 13.7. The van der Waals surface area contributed by atoms with Gasteiger partial charge in [-0.3, -0.25) is 14.9 Å². The van der Waals surface area contributed by atoms with Gasteiger partial charge in [0.1, 0.15) is 5.75 Å². The largest absolute Gasteiger partial charge is 0.484 e. The van der Waals surface area contributed by atoms with Crippen LogP contribution in [-0.2, 0) is 4.79 Å². The minimum Gasteiger partial charge on any atom is -0.484 e. The molecule has 0 aromatic heterocycles. The minimum atomic E-state index is -0.465. The summed E-state index contributed by atoms with van der Waals surface area (Å²) >= 11 is 0. The monoisotopic (exact) mass is 357 g/mol. The Morgan fingerprint density at radius 2 is 1.96 bits per heavy atom. The lowest BCUT2D eigenvalue weighted by atomic mass is 9.93. The fourth-order valence-electron chi connectivity index (χ4n) is 2.72. The Kier molecular flexibility index (Phi) is 8.49. The van der Waals surface area contributed by atoms with Gasteiger partial charge >= 0.3 is 0 Å². The van der Waals surface area contributed by atoms with Crippen molar-refractivity contribution in [3.8, 4) is 5.75 Å². The quantitative estimate of drug-likeness (QED) is 0.597. The van der Waals surface area contributed by atoms with Crippen LogP contribution >= 0.6 is 12.4 Å². The third-order valence-corrected chi connectivity index (χ3v) is 4.18. The fourth-order valence-corrected chi connectivity index (χ4v) is 2.72. The van der Waals surface area contributed by atoms with Crippen molar-refractivity contribution in [1.82, 2.24) is 10.2 Å². The second-order valence-corrected chi connectivity index (χ2v) is 5.76. The van der Waals surface area contributed by atoms with Crippen molar-refractivity contribution in [2.45, 2.75) is 19.3 Å². The van der Waals surface area contributed by atoms with E-state index >= 15 is 0 Å². The van der Waals surface area contributed by atoms with Crippen LogP contribution in [0, 0.1) is 16.0 Å². The molecule has 1 heterocycles. The van der Waals surface area contributed by atoms with Gasteiger partial charge in [-0.1, -0.05) is 0 Å². The average molecular weight is 358 g/mol. The van der Waals surface area contributed by atoms with E-state index in [-0.39, 0.29) is 30.6 Å². The van der Waals surface area contributed by atoms with E-state index in [0.717, 1.165) is 38.9 Å². The van der Waals surface area contributed by atoms with Gasteiger partial charge in [-0.15, -0.1) is 12.4 Å². The average Bonchev–Trinajstić information content (AvgIpc) is 2.58. The van der Waals surface area contributed by atoms with E-state index in [1.807, 2.05) is 11.9 Å². The van der Waals surface area contributed by atoms with E-state index in [9.17, 15) is 14.9 Å². The van der Waals surface area contributed by atoms with Gasteiger partial charge < -0.3 is 15.0 Å². The van der Waals surface area contributed by atoms with Crippen LogP contribution in [0.15, 0.2) is 24.3 Å². The van der Waals surface area contributed by atoms with E-state index in [0.29, 0.717) is 11.7 Å². The van der Waals surface area contributed by atoms with Gasteiger partial charge in [0.15, 0.2) is 6.61 Å². The molecule has 1 aliphatic rings. The number of nitro benzene ring substituents is 1. The number of hydrogen-bond acceptors (Lipinski definition) is 5. The Morgan fingerprint density at radius 1 is 1.33 bits per heavy atom. The molecule has 0 aliphatic carbocycles. The molecule has 0 atom stereocenters. The number of nitrogens with zero attached hydrogens (tertiary/aromatic N) is 2. The van der Waals surface area contributed by atoms with Crippen molar-refractivity contribution >= 4 is 24.0 Å². The number of nitrogens with one attached hydrogen (secondary N) is 1. The predicted molar refractivity (Wildman–Crippen MR) is 93.7 cm³/mol. The molecule has 1 N–H and O–H groups in total. The van der Waals surface area contributed by atoms with E-state index in [1.165, 1.54) is 24.3 Å². The molecular weight excluding hydrogens is 334 g/mol. The second kappa shape index (κ2) is 10.1. The number of carbonyl (C=O) groups is 1. The molecule has 1 saturated heterocycles. The third kappa shape index (κ3) is 5.98. The lowest BCUT2D eigenvalue weighted by molar-refractivity contribution is -0.384. The zero-order valence-electron chi connectivity index (χ0n) is 13.8. The summed E-state index contributed by atoms with van der Waals surface area (Å²) < 4.78 is 5.42. The van der Waals surface area contributed by atoms with Crippen molar-refractivity contribution in [2.75, 3.05) is 33.3 Å². The number of carbonyl (C=O) groups excluding carboxylic acids is 1. The first kappa shape index (κ1) is 20.2. The lowest BCUT2D eigenvalue weighted by Gasteiger charge is -2.32. The smallest absolute Gasteiger partial charge is 0.269 e. The number of likely N-dealkylation sites (tertiary alicyclic amines) is 1. The summed E-state index contributed by atoms with van der Waals surface area (Å²) in [4.78, 5) is 24.1. The van der Waals surface area contributed by atoms with Crippen LogP contribution in [0.4, 0.5) is 5.69 Å². The molecule has 1 amide bonds. The molecular formula is C16H24ClN3O4. The third-order valence-electron chi connectivity index (χ3n) is 4.18. The van der Waals surface area contributed by atoms with Crippen molar-refractivity contribution in [2.24, 2.45) is 5.92 Å². The number of non-ortho nitro benzene ring substituents is 1. The topological polar surface area (TPSA) is 84.7 Å². The first-order valence-corrected chi connectivity index (χ1v) is 7.89. The molecule has 1 fully saturated rings. The first-order chi connectivity index (χ1) is 11.1. The van der Waals surface area contributed by atoms with Crippen molar-refractivity contribution in [3.05, 3.63) is 34.4 Å². The summed E-state index contributed by atoms with van der Waals surface area (Å²) in [7, 11) is 1.95. The van der Waals surface area contributed by atoms with Crippen molar-refractivity contribution in [1.29, 1.82) is 0 Å². The van der Waals surface area contributed by atoms with Crippen LogP contribution in [0.1, 0.15) is 19.3 Å². The van der Waals surface area contributed by atoms with Gasteiger partial charge in [-0.05, 0) is 50.9 Å². The highest BCUT2D eigenvalue weighted by atomic mass is 35.5. The van der Waals surface area contributed by atoms with Gasteiger partial charge in [-0.25, -0.2) is 0 Å². The zero-order chi connectivity index (χ0) is 16.7. The Hall–Kier alpha value is -1.86. The van der Waals surface area contributed by atoms with Crippen molar-refractivity contribution < 1.29 is 14.5 Å². The van der Waals surface area contributed by atoms with Gasteiger partial charge in [0.25, 0.3) is 11.6 Å². The predicted octanol–water partition coefficient (Wildman–Crippen LogP) is 2.24. The normalized spacial score (nSPS) is 14.8. The number of ether oxygens (including phenoxy) is 1. The maximum atomic E-state index is 12.1. The maximum absolute atomic E-state index is 12.1. The summed E-state index contributed by atoms with van der Waals surface area (Å²) in [6.45, 7) is 2.54. The number of nitro groups is 1. The molecule has 134 valence electrons. The Morgan fingerprint density at radius 3 is 2.50 bits per heavy atom. The molecule has 1 aromatic rings. The maximum Gasteiger partial charge on any atom is 0.269 e. The van der Waals surface area contributed by atoms with Gasteiger partial charge in [0.2, 0.25) is 0 Å². The molecule has 2 rings (SSSR count). The SMILES string of the molecule is CNCCC1CCN(C(=O)COc2ccc([N+](=O)[O-])cc2)CC1.Cl. The first-order valence-electron chi connectivity index (χ1n) is 7.89. The van der Waals surface area contributed by atoms with Crippen LogP contribution in [0.5, 0.6) is 5.75 Å². The Balaban J connectivity index is 0.00000288. The number of hydrogen-bond donors (Lipinski definition) is 1. The fraction of sp³-hybridized carbons (Fsp3) is 0.562. The zero-order valence-corrected chi connectivity index (χ0v) is 14.6. The number of benzene rings is 1. The molecule has 24 heavy (non-hydrogen) atoms. The van der Waals surface area contributed by atoms with Crippen LogP contribution in [0.3, 0.4) is 0 Å². The highest BCUT2D eigenvalue weighted by Gasteiger charge is 2.22. The van der Waals surface area contributed by atoms with Gasteiger partial charge in [0, 0.05) is 25.2 Å². The standard InChI is InChI=1S/C16H23N3O4.ClH/c1-17-9-6-13-7-10-18(11-8-13)16(20)12-23-15-4-2-14(3-5-15)19(21)22;/h2-5,13,17H,6-12H2,1H3;1H. The molecule has 0 saturated carbocycles. The molecule has 0 unspecified atom stereocenters. The summed E-state index contributed by atoms with van der Waals surface area (Å²) in [5.74, 6) is 1.12. The highest BCUT2D eigenvalue weighted by Crippen LogP contribution is 2.21. The second-order valence-electron chi connectivity index (χ2n) is 5.76. The molecule has 8 heteroatoms. The number of amides is 1. The molecule has 0 bridgehead atoms. The minimum absolute atomic E-state index is 0. The summed E-state index contributed by atoms with van der Waals surface area (Å²) in [6, 6.07) is 5.75. The molecule has 0 spiro atoms. The van der Waals surface area contributed by atoms with E-state index in [1.54, 1.807) is 0 Å². The molecule has 1 aliphatic heterocycles. The van der Waals surface area contributed by atoms with Crippen molar-refractivity contribution in [3.63, 3.8) is 0 Å². The summed E-state index contributed by atoms with van der Waals surface area (Å²) in [6.07, 6.45) is 3.22. The van der Waals surface area contributed by atoms with Crippen LogP contribution in [0.2, 0.25) is 0 Å². The van der Waals surface area contributed by atoms with E-state index < -0.39 is 4.92 Å². The van der Waals surface area contributed by atoms with Gasteiger partial charge in [0.05, 0.1) is 4.92 Å². The molecule has 1 aromatic carbocycles. The summed E-state index contributed by atoms with van der Waals surface area (Å²) in [5.41, 5.74) is 0.00678. The van der Waals surface area contributed by atoms with Crippen LogP contribution < -0.4 is 10.1 Å². The highest BCUT2D eigenvalue weighted by molar-refractivity contribution is 5.85. The van der Waals surface area contributed by atoms with E-state index in [4.69, 9.17) is 4.74 Å². The lowest BCUT2D eigenvalue weighted by Crippen LogP contribution is -2.41. The van der Waals surface area contributed by atoms with E-state index in [2.05, 4.69) is 5.32 Å². The Labute approximate surface area is 147 Å². The van der Waals surface area contributed by atoms with Crippen LogP contribution in [-0.4, -0.2) is 49.0 Å². The number of rotatable bonds is 7. The van der Waals surface area contributed by atoms with Gasteiger partial charge in [-0.2, -0.15) is 0 Å². The number of piperidine rings is 1.